The van der Waals surface area contributed by atoms with Gasteiger partial charge < -0.3 is 11.1 Å². The Kier molecular flexibility index (Phi) is 4.72. The molecule has 3 N–H and O–H groups in total. The van der Waals surface area contributed by atoms with Crippen LogP contribution in [0.1, 0.15) is 57.1 Å². The maximum Gasteiger partial charge on any atom is 0.239 e. The molecule has 116 valence electrons. The summed E-state index contributed by atoms with van der Waals surface area (Å²) in [7, 11) is 0. The highest BCUT2D eigenvalue weighted by molar-refractivity contribution is 5.85. The van der Waals surface area contributed by atoms with Crippen LogP contribution in [0.3, 0.4) is 0 Å². The summed E-state index contributed by atoms with van der Waals surface area (Å²) in [5.74, 6) is -0.0694. The molecule has 3 heteroatoms. The minimum Gasteiger partial charge on any atom is -0.354 e. The van der Waals surface area contributed by atoms with Gasteiger partial charge in [0.2, 0.25) is 5.91 Å². The summed E-state index contributed by atoms with van der Waals surface area (Å²) in [4.78, 5) is 12.1. The fourth-order valence-corrected chi connectivity index (χ4v) is 3.25. The van der Waals surface area contributed by atoms with Crippen molar-refractivity contribution in [3.63, 3.8) is 0 Å². The van der Waals surface area contributed by atoms with Crippen LogP contribution >= 0.6 is 0 Å². The van der Waals surface area contributed by atoms with Crippen molar-refractivity contribution in [1.82, 2.24) is 5.32 Å². The lowest BCUT2D eigenvalue weighted by Gasteiger charge is -2.39. The van der Waals surface area contributed by atoms with Crippen molar-refractivity contribution in [2.75, 3.05) is 6.54 Å². The molecule has 0 aliphatic heterocycles. The number of rotatable bonds is 4. The zero-order valence-electron chi connectivity index (χ0n) is 13.5. The molecule has 3 nitrogen and oxygen atoms in total. The first-order valence-corrected chi connectivity index (χ1v) is 7.98. The van der Waals surface area contributed by atoms with Crippen LogP contribution in [0.5, 0.6) is 0 Å². The van der Waals surface area contributed by atoms with E-state index in [4.69, 9.17) is 5.73 Å². The molecule has 21 heavy (non-hydrogen) atoms. The van der Waals surface area contributed by atoms with Gasteiger partial charge >= 0.3 is 0 Å². The molecule has 0 saturated heterocycles. The fraction of sp³-hybridized carbons (Fsp3) is 0.611. The molecular formula is C18H28N2O. The lowest BCUT2D eigenvalue weighted by Crippen LogP contribution is -2.52. The molecule has 2 rings (SSSR count). The Labute approximate surface area is 128 Å². The van der Waals surface area contributed by atoms with E-state index in [0.717, 1.165) is 12.8 Å². The van der Waals surface area contributed by atoms with Crippen LogP contribution in [0.2, 0.25) is 0 Å². The van der Waals surface area contributed by atoms with E-state index in [1.54, 1.807) is 13.8 Å². The highest BCUT2D eigenvalue weighted by Gasteiger charge is 2.35. The van der Waals surface area contributed by atoms with Crippen molar-refractivity contribution in [1.29, 1.82) is 0 Å². The second-order valence-electron chi connectivity index (χ2n) is 7.11. The molecule has 1 aliphatic carbocycles. The van der Waals surface area contributed by atoms with Crippen LogP contribution in [0.25, 0.3) is 0 Å². The third-order valence-electron chi connectivity index (χ3n) is 4.61. The number of hydrogen-bond acceptors (Lipinski definition) is 2. The zero-order chi connectivity index (χ0) is 15.5. The molecule has 1 fully saturated rings. The first kappa shape index (κ1) is 16.0. The summed E-state index contributed by atoms with van der Waals surface area (Å²) in [5.41, 5.74) is 7.79. The SMILES string of the molecule is Cc1cccc(C2(CNC(=O)C(C)(C)N)CCCCC2)c1. The van der Waals surface area contributed by atoms with Gasteiger partial charge in [0.05, 0.1) is 5.54 Å². The fourth-order valence-electron chi connectivity index (χ4n) is 3.25. The molecule has 1 saturated carbocycles. The van der Waals surface area contributed by atoms with Crippen molar-refractivity contribution >= 4 is 5.91 Å². The van der Waals surface area contributed by atoms with Crippen molar-refractivity contribution in [3.8, 4) is 0 Å². The predicted molar refractivity (Wildman–Crippen MR) is 87.2 cm³/mol. The topological polar surface area (TPSA) is 55.1 Å². The van der Waals surface area contributed by atoms with E-state index < -0.39 is 5.54 Å². The minimum absolute atomic E-state index is 0.0694. The molecule has 0 atom stereocenters. The summed E-state index contributed by atoms with van der Waals surface area (Å²) in [5, 5.41) is 3.09. The van der Waals surface area contributed by atoms with Gasteiger partial charge in [0, 0.05) is 12.0 Å². The molecule has 0 spiro atoms. The average molecular weight is 288 g/mol. The standard InChI is InChI=1S/C18H28N2O/c1-14-8-7-9-15(12-14)18(10-5-4-6-11-18)13-20-16(21)17(2,3)19/h7-9,12H,4-6,10-11,13,19H2,1-3H3,(H,20,21). The van der Waals surface area contributed by atoms with Gasteiger partial charge in [-0.3, -0.25) is 4.79 Å². The molecule has 0 aromatic heterocycles. The van der Waals surface area contributed by atoms with Crippen LogP contribution in [0.4, 0.5) is 0 Å². The molecule has 1 aliphatic rings. The van der Waals surface area contributed by atoms with Crippen molar-refractivity contribution < 1.29 is 4.79 Å². The zero-order valence-corrected chi connectivity index (χ0v) is 13.5. The summed E-state index contributed by atoms with van der Waals surface area (Å²) in [6.07, 6.45) is 6.04. The summed E-state index contributed by atoms with van der Waals surface area (Å²) in [6.45, 7) is 6.32. The van der Waals surface area contributed by atoms with Gasteiger partial charge in [-0.25, -0.2) is 0 Å². The van der Waals surface area contributed by atoms with E-state index >= 15 is 0 Å². The minimum atomic E-state index is -0.817. The Morgan fingerprint density at radius 1 is 1.29 bits per heavy atom. The quantitative estimate of drug-likeness (QED) is 0.894. The number of nitrogens with two attached hydrogens (primary N) is 1. The number of nitrogens with one attached hydrogen (secondary N) is 1. The summed E-state index contributed by atoms with van der Waals surface area (Å²) >= 11 is 0. The maximum absolute atomic E-state index is 12.1. The van der Waals surface area contributed by atoms with Crippen LogP contribution in [-0.2, 0) is 10.2 Å². The molecule has 0 bridgehead atoms. The van der Waals surface area contributed by atoms with Gasteiger partial charge in [-0.05, 0) is 39.2 Å². The van der Waals surface area contributed by atoms with Crippen molar-refractivity contribution in [3.05, 3.63) is 35.4 Å². The Hall–Kier alpha value is -1.35. The predicted octanol–water partition coefficient (Wildman–Crippen LogP) is 3.05. The number of carbonyl (C=O) groups excluding carboxylic acids is 1. The lowest BCUT2D eigenvalue weighted by molar-refractivity contribution is -0.125. The number of hydrogen-bond donors (Lipinski definition) is 2. The van der Waals surface area contributed by atoms with E-state index in [9.17, 15) is 4.79 Å². The summed E-state index contributed by atoms with van der Waals surface area (Å²) in [6, 6.07) is 8.72. The molecular weight excluding hydrogens is 260 g/mol. The van der Waals surface area contributed by atoms with E-state index in [-0.39, 0.29) is 11.3 Å². The van der Waals surface area contributed by atoms with Crippen molar-refractivity contribution in [2.45, 2.75) is 63.8 Å². The molecule has 1 amide bonds. The third kappa shape index (κ3) is 3.85. The molecule has 0 unspecified atom stereocenters. The second kappa shape index (κ2) is 6.18. The highest BCUT2D eigenvalue weighted by atomic mass is 16.2. The molecule has 1 aromatic carbocycles. The Bertz CT molecular complexity index is 496. The van der Waals surface area contributed by atoms with Gasteiger partial charge in [-0.15, -0.1) is 0 Å². The number of carbonyl (C=O) groups is 1. The Morgan fingerprint density at radius 3 is 2.52 bits per heavy atom. The number of amides is 1. The highest BCUT2D eigenvalue weighted by Crippen LogP contribution is 2.39. The van der Waals surface area contributed by atoms with Gasteiger partial charge in [-0.2, -0.15) is 0 Å². The van der Waals surface area contributed by atoms with Gasteiger partial charge in [0.25, 0.3) is 0 Å². The first-order chi connectivity index (χ1) is 9.83. The third-order valence-corrected chi connectivity index (χ3v) is 4.61. The molecule has 0 heterocycles. The Morgan fingerprint density at radius 2 is 1.95 bits per heavy atom. The van der Waals surface area contributed by atoms with Crippen LogP contribution in [0, 0.1) is 6.92 Å². The van der Waals surface area contributed by atoms with Gasteiger partial charge in [-0.1, -0.05) is 49.1 Å². The Balaban J connectivity index is 2.20. The van der Waals surface area contributed by atoms with Gasteiger partial charge in [0.15, 0.2) is 0 Å². The van der Waals surface area contributed by atoms with Crippen LogP contribution in [-0.4, -0.2) is 18.0 Å². The van der Waals surface area contributed by atoms with E-state index in [0.29, 0.717) is 6.54 Å². The number of benzene rings is 1. The summed E-state index contributed by atoms with van der Waals surface area (Å²) < 4.78 is 0. The molecule has 1 aromatic rings. The first-order valence-electron chi connectivity index (χ1n) is 7.98. The maximum atomic E-state index is 12.1. The monoisotopic (exact) mass is 288 g/mol. The average Bonchev–Trinajstić information content (AvgIpc) is 2.45. The van der Waals surface area contributed by atoms with Crippen molar-refractivity contribution in [2.24, 2.45) is 5.73 Å². The largest absolute Gasteiger partial charge is 0.354 e. The molecule has 0 radical (unpaired) electrons. The lowest BCUT2D eigenvalue weighted by atomic mass is 9.69. The number of aryl methyl sites for hydroxylation is 1. The normalized spacial score (nSPS) is 18.3. The second-order valence-corrected chi connectivity index (χ2v) is 7.11. The van der Waals surface area contributed by atoms with Crippen LogP contribution < -0.4 is 11.1 Å². The van der Waals surface area contributed by atoms with Gasteiger partial charge in [0.1, 0.15) is 0 Å². The van der Waals surface area contributed by atoms with Crippen LogP contribution in [0.15, 0.2) is 24.3 Å². The van der Waals surface area contributed by atoms with E-state index in [1.165, 1.54) is 30.4 Å². The van der Waals surface area contributed by atoms with E-state index in [1.807, 2.05) is 0 Å². The smallest absolute Gasteiger partial charge is 0.239 e. The van der Waals surface area contributed by atoms with E-state index in [2.05, 4.69) is 36.5 Å².